The Hall–Kier alpha value is -2.88. The molecule has 0 heterocycles. The van der Waals surface area contributed by atoms with E-state index >= 15 is 0 Å². The van der Waals surface area contributed by atoms with E-state index < -0.39 is 23.9 Å². The van der Waals surface area contributed by atoms with Crippen LogP contribution in [0.5, 0.6) is 0 Å². The Balaban J connectivity index is -0.00000104. The molecule has 0 saturated heterocycles. The molecule has 0 spiro atoms. The van der Waals surface area contributed by atoms with E-state index in [1.165, 1.54) is 191 Å². The molecule has 2 aromatic carbocycles. The van der Waals surface area contributed by atoms with Crippen molar-refractivity contribution in [2.75, 3.05) is 13.2 Å². The van der Waals surface area contributed by atoms with Crippen LogP contribution < -0.4 is 10.2 Å². The smallest absolute Gasteiger partial charge is 0.545 e. The number of aromatic carboxylic acids is 2. The van der Waals surface area contributed by atoms with E-state index in [4.69, 9.17) is 9.47 Å². The van der Waals surface area contributed by atoms with Crippen LogP contribution in [0.15, 0.2) is 48.5 Å². The van der Waals surface area contributed by atoms with E-state index in [1.54, 1.807) is 24.3 Å². The molecule has 0 aromatic heterocycles. The molecule has 9 heteroatoms. The summed E-state index contributed by atoms with van der Waals surface area (Å²) >= 11 is 0. The second-order valence-electron chi connectivity index (χ2n) is 17.5. The van der Waals surface area contributed by atoms with Crippen molar-refractivity contribution in [3.05, 3.63) is 84.6 Å². The van der Waals surface area contributed by atoms with Gasteiger partial charge in [-0.15, -0.1) is 0 Å². The van der Waals surface area contributed by atoms with Gasteiger partial charge in [0.15, 0.2) is 0 Å². The summed E-state index contributed by atoms with van der Waals surface area (Å²) in [5.41, 5.74) is -0.107. The standard InChI is InChI=1S/2C25H40O4.2C4H9.Sn/c2*1-2-3-4-5-6-7-8-9-10-11-12-13-14-15-18-21-29-25(28)23-20-17-16-19-22(23)24(26)27;2*1-3-4-2;/h2*16-17,19-20H,2-15,18,21H2,1H3,(H,26,27);2*1,3-4H2,2H3;/q;;;;+2/p-2. The summed E-state index contributed by atoms with van der Waals surface area (Å²) in [6, 6.07) is 12.0. The molecule has 2 aromatic rings. The maximum Gasteiger partial charge on any atom is 2.00 e. The normalized spacial score (nSPS) is 10.2. The predicted octanol–water partition coefficient (Wildman–Crippen LogP) is 15.0. The van der Waals surface area contributed by atoms with Crippen LogP contribution in [-0.4, -0.2) is 61.0 Å². The predicted molar refractivity (Wildman–Crippen MR) is 278 cm³/mol. The van der Waals surface area contributed by atoms with Crippen LogP contribution in [0, 0.1) is 13.8 Å². The molecule has 0 bridgehead atoms. The number of carbonyl (C=O) groups is 4. The molecule has 0 N–H and O–H groups in total. The third-order valence-corrected chi connectivity index (χ3v) is 11.4. The quantitative estimate of drug-likeness (QED) is 0.0369. The van der Waals surface area contributed by atoms with E-state index in [1.807, 2.05) is 0 Å². The molecular weight excluding hydrogens is 943 g/mol. The molecule has 0 aliphatic rings. The van der Waals surface area contributed by atoms with E-state index in [-0.39, 0.29) is 46.2 Å². The first-order valence-corrected chi connectivity index (χ1v) is 26.7. The molecule has 4 radical (unpaired) electrons. The average Bonchev–Trinajstić information content (AvgIpc) is 3.33. The average molecular weight is 1040 g/mol. The largest absolute Gasteiger partial charge is 2.00 e. The van der Waals surface area contributed by atoms with E-state index in [9.17, 15) is 29.4 Å². The minimum atomic E-state index is -1.36. The molecule has 2 rings (SSSR count). The first kappa shape index (κ1) is 68.4. The molecule has 0 fully saturated rings. The number of unbranched alkanes of at least 4 members (excludes halogenated alkanes) is 30. The monoisotopic (exact) mass is 1040 g/mol. The molecule has 380 valence electrons. The fraction of sp³-hybridized carbons (Fsp3) is 0.690. The first-order chi connectivity index (χ1) is 32.2. The van der Waals surface area contributed by atoms with Gasteiger partial charge in [0.2, 0.25) is 0 Å². The summed E-state index contributed by atoms with van der Waals surface area (Å²) in [7, 11) is 0. The molecule has 0 amide bonds. The number of ether oxygens (including phenoxy) is 2. The minimum absolute atomic E-state index is 0. The van der Waals surface area contributed by atoms with Crippen LogP contribution in [0.1, 0.15) is 287 Å². The Morgan fingerprint density at radius 3 is 0.746 bits per heavy atom. The van der Waals surface area contributed by atoms with E-state index in [0.717, 1.165) is 51.4 Å². The van der Waals surface area contributed by atoms with Crippen LogP contribution >= 0.6 is 0 Å². The fourth-order valence-electron chi connectivity index (χ4n) is 7.11. The van der Waals surface area contributed by atoms with Crippen molar-refractivity contribution in [3.8, 4) is 0 Å². The molecular formula is C58H96O8Sn. The van der Waals surface area contributed by atoms with E-state index in [0.29, 0.717) is 13.2 Å². The number of hydrogen-bond acceptors (Lipinski definition) is 8. The summed E-state index contributed by atoms with van der Waals surface area (Å²) in [5, 5.41) is 22.1. The number of benzene rings is 2. The van der Waals surface area contributed by atoms with Crippen molar-refractivity contribution < 1.29 is 38.9 Å². The van der Waals surface area contributed by atoms with Gasteiger partial charge < -0.3 is 29.3 Å². The van der Waals surface area contributed by atoms with Gasteiger partial charge in [-0.1, -0.05) is 283 Å². The molecule has 67 heavy (non-hydrogen) atoms. The van der Waals surface area contributed by atoms with Gasteiger partial charge in [-0.25, -0.2) is 9.59 Å². The molecule has 8 nitrogen and oxygen atoms in total. The third-order valence-electron chi connectivity index (χ3n) is 11.4. The molecule has 0 unspecified atom stereocenters. The maximum atomic E-state index is 12.0. The molecule has 0 aliphatic carbocycles. The van der Waals surface area contributed by atoms with Gasteiger partial charge in [-0.3, -0.25) is 0 Å². The van der Waals surface area contributed by atoms with Crippen molar-refractivity contribution in [2.45, 2.75) is 246 Å². The Kier molecular flexibility index (Phi) is 55.2. The zero-order chi connectivity index (χ0) is 49.1. The van der Waals surface area contributed by atoms with Crippen molar-refractivity contribution >= 4 is 47.8 Å². The summed E-state index contributed by atoms with van der Waals surface area (Å²) < 4.78 is 10.4. The molecule has 0 aliphatic heterocycles. The number of rotatable bonds is 38. The summed E-state index contributed by atoms with van der Waals surface area (Å²) in [5.74, 6) is -3.89. The zero-order valence-electron chi connectivity index (χ0n) is 43.3. The van der Waals surface area contributed by atoms with Gasteiger partial charge in [-0.2, -0.15) is 0 Å². The van der Waals surface area contributed by atoms with Gasteiger partial charge in [0.25, 0.3) is 0 Å². The number of carbonyl (C=O) groups excluding carboxylic acids is 4. The Labute approximate surface area is 428 Å². The summed E-state index contributed by atoms with van der Waals surface area (Å²) in [6.07, 6.45) is 43.1. The molecule has 0 saturated carbocycles. The Morgan fingerprint density at radius 2 is 0.552 bits per heavy atom. The van der Waals surface area contributed by atoms with Gasteiger partial charge in [-0.05, 0) is 25.0 Å². The first-order valence-electron chi connectivity index (χ1n) is 26.7. The van der Waals surface area contributed by atoms with Crippen LogP contribution in [-0.2, 0) is 9.47 Å². The Bertz CT molecular complexity index is 1300. The van der Waals surface area contributed by atoms with E-state index in [2.05, 4.69) is 41.5 Å². The van der Waals surface area contributed by atoms with Crippen LogP contribution in [0.4, 0.5) is 0 Å². The maximum absolute atomic E-state index is 12.0. The number of hydrogen-bond donors (Lipinski definition) is 0. The SMILES string of the molecule is CCCCCCCCCCCCCCCCCOC(=O)c1ccccc1C(=O)[O-].CCCCCCCCCCCCCCCCCOC(=O)c1ccccc1C(=O)[O-].[CH2]CCC.[CH2]CCC.[Sn+2]. The van der Waals surface area contributed by atoms with Crippen LogP contribution in [0.25, 0.3) is 0 Å². The summed E-state index contributed by atoms with van der Waals surface area (Å²) in [6.45, 7) is 16.6. The third kappa shape index (κ3) is 44.1. The molecule has 0 atom stereocenters. The van der Waals surface area contributed by atoms with Crippen LogP contribution in [0.2, 0.25) is 0 Å². The van der Waals surface area contributed by atoms with Crippen molar-refractivity contribution in [3.63, 3.8) is 0 Å². The number of esters is 2. The second-order valence-corrected chi connectivity index (χ2v) is 17.5. The zero-order valence-corrected chi connectivity index (χ0v) is 46.1. The summed E-state index contributed by atoms with van der Waals surface area (Å²) in [4.78, 5) is 46.1. The van der Waals surface area contributed by atoms with Gasteiger partial charge in [0, 0.05) is 11.1 Å². The Morgan fingerprint density at radius 1 is 0.358 bits per heavy atom. The van der Waals surface area contributed by atoms with Crippen molar-refractivity contribution in [1.82, 2.24) is 0 Å². The van der Waals surface area contributed by atoms with Crippen molar-refractivity contribution in [1.29, 1.82) is 0 Å². The minimum Gasteiger partial charge on any atom is -0.545 e. The number of carboxylic acid groups (broad SMARTS) is 2. The second kappa shape index (κ2) is 54.1. The van der Waals surface area contributed by atoms with Crippen LogP contribution in [0.3, 0.4) is 0 Å². The topological polar surface area (TPSA) is 133 Å². The fourth-order valence-corrected chi connectivity index (χ4v) is 7.11. The van der Waals surface area contributed by atoms with Gasteiger partial charge >= 0.3 is 35.8 Å². The number of carboxylic acids is 2. The van der Waals surface area contributed by atoms with Crippen molar-refractivity contribution in [2.24, 2.45) is 0 Å². The van der Waals surface area contributed by atoms with Gasteiger partial charge in [0.05, 0.1) is 36.3 Å². The van der Waals surface area contributed by atoms with Gasteiger partial charge in [0.1, 0.15) is 0 Å².